The van der Waals surface area contributed by atoms with E-state index in [9.17, 15) is 29.6 Å². The molecule has 32 heavy (non-hydrogen) atoms. The Morgan fingerprint density at radius 2 is 2.03 bits per heavy atom. The summed E-state index contributed by atoms with van der Waals surface area (Å²) in [4.78, 5) is 49.7. The molecule has 2 N–H and O–H groups in total. The van der Waals surface area contributed by atoms with Gasteiger partial charge in [0, 0.05) is 17.0 Å². The fourth-order valence-corrected chi connectivity index (χ4v) is 5.22. The fourth-order valence-electron chi connectivity index (χ4n) is 3.32. The van der Waals surface area contributed by atoms with E-state index in [2.05, 4.69) is 5.32 Å². The number of β-lactam (4-membered cyclic amide) rings is 1. The maximum Gasteiger partial charge on any atom is 0.358 e. The molecule has 12 heteroatoms. The Morgan fingerprint density at radius 1 is 1.28 bits per heavy atom. The Morgan fingerprint density at radius 3 is 2.69 bits per heavy atom. The Kier molecular flexibility index (Phi) is 6.15. The smallest absolute Gasteiger partial charge is 0.358 e. The molecular weight excluding hydrogens is 458 g/mol. The van der Waals surface area contributed by atoms with Gasteiger partial charge >= 0.3 is 5.97 Å². The van der Waals surface area contributed by atoms with Crippen LogP contribution in [0.15, 0.2) is 53.2 Å². The van der Waals surface area contributed by atoms with Crippen molar-refractivity contribution in [1.29, 1.82) is 0 Å². The number of thioether (sulfide) groups is 1. The molecule has 2 aliphatic heterocycles. The van der Waals surface area contributed by atoms with Crippen molar-refractivity contribution in [3.8, 4) is 0 Å². The minimum Gasteiger partial charge on any atom is -0.509 e. The van der Waals surface area contributed by atoms with Crippen molar-refractivity contribution in [2.45, 2.75) is 24.4 Å². The van der Waals surface area contributed by atoms with Crippen molar-refractivity contribution in [2.75, 3.05) is 5.75 Å². The second-order valence-electron chi connectivity index (χ2n) is 7.01. The van der Waals surface area contributed by atoms with E-state index in [0.717, 1.165) is 9.78 Å². The molecule has 0 saturated carbocycles. The first-order chi connectivity index (χ1) is 15.3. The van der Waals surface area contributed by atoms with Gasteiger partial charge in [-0.1, -0.05) is 6.07 Å². The molecule has 0 radical (unpaired) electrons. The highest BCUT2D eigenvalue weighted by Crippen LogP contribution is 2.40. The number of nitro benzene ring substituents is 1. The molecule has 166 valence electrons. The number of benzene rings is 1. The summed E-state index contributed by atoms with van der Waals surface area (Å²) >= 11 is 2.68. The van der Waals surface area contributed by atoms with Gasteiger partial charge < -0.3 is 15.2 Å². The van der Waals surface area contributed by atoms with Crippen molar-refractivity contribution in [1.82, 2.24) is 10.2 Å². The van der Waals surface area contributed by atoms with Gasteiger partial charge in [0.1, 0.15) is 23.8 Å². The number of carbonyl (C=O) groups is 3. The van der Waals surface area contributed by atoms with Crippen LogP contribution in [-0.4, -0.2) is 49.9 Å². The van der Waals surface area contributed by atoms with Crippen LogP contribution in [0.3, 0.4) is 0 Å². The van der Waals surface area contributed by atoms with Crippen molar-refractivity contribution >= 4 is 46.6 Å². The second-order valence-corrected chi connectivity index (χ2v) is 9.14. The van der Waals surface area contributed by atoms with Gasteiger partial charge in [-0.15, -0.1) is 23.1 Å². The average Bonchev–Trinajstić information content (AvgIpc) is 3.28. The first-order valence-electron chi connectivity index (χ1n) is 9.44. The number of non-ortho nitro benzene ring substituents is 1. The van der Waals surface area contributed by atoms with Gasteiger partial charge in [-0.3, -0.25) is 24.6 Å². The highest BCUT2D eigenvalue weighted by atomic mass is 32.2. The Bertz CT molecular complexity index is 1100. The van der Waals surface area contributed by atoms with E-state index >= 15 is 0 Å². The van der Waals surface area contributed by atoms with E-state index in [1.807, 2.05) is 17.5 Å². The van der Waals surface area contributed by atoms with Crippen molar-refractivity contribution in [3.05, 3.63) is 73.8 Å². The molecule has 1 aromatic heterocycles. The molecule has 10 nitrogen and oxygen atoms in total. The van der Waals surface area contributed by atoms with E-state index in [1.165, 1.54) is 47.4 Å². The number of esters is 1. The van der Waals surface area contributed by atoms with Crippen molar-refractivity contribution in [3.63, 3.8) is 0 Å². The number of aliphatic hydroxyl groups is 1. The predicted octanol–water partition coefficient (Wildman–Crippen LogP) is 2.11. The summed E-state index contributed by atoms with van der Waals surface area (Å²) in [6, 6.07) is 8.35. The summed E-state index contributed by atoms with van der Waals surface area (Å²) in [5.41, 5.74) is 0.176. The summed E-state index contributed by atoms with van der Waals surface area (Å²) < 4.78 is 5.21. The summed E-state index contributed by atoms with van der Waals surface area (Å²) in [6.07, 6.45) is 0.157. The quantitative estimate of drug-likeness (QED) is 0.269. The first-order valence-corrected chi connectivity index (χ1v) is 11.4. The van der Waals surface area contributed by atoms with Crippen LogP contribution in [0.5, 0.6) is 0 Å². The molecule has 0 spiro atoms. The van der Waals surface area contributed by atoms with Crippen LogP contribution < -0.4 is 5.32 Å². The van der Waals surface area contributed by atoms with E-state index in [1.54, 1.807) is 0 Å². The fraction of sp³-hybridized carbons (Fsp3) is 0.250. The van der Waals surface area contributed by atoms with Crippen LogP contribution in [0.1, 0.15) is 10.4 Å². The standard InChI is InChI=1S/C20H17N3O7S2/c24-14-10-32-19-16(21-15(25)8-13-2-1-7-31-13)18(26)22(19)17(14)20(27)30-9-11-3-5-12(6-4-11)23(28)29/h1-7,16,19,24H,8-10H2,(H,21,25)/t16?,19-/m1/s1. The zero-order valence-electron chi connectivity index (χ0n) is 16.4. The third kappa shape index (κ3) is 4.32. The predicted molar refractivity (Wildman–Crippen MR) is 116 cm³/mol. The van der Waals surface area contributed by atoms with E-state index in [4.69, 9.17) is 4.74 Å². The van der Waals surface area contributed by atoms with Crippen LogP contribution in [-0.2, 0) is 32.1 Å². The lowest BCUT2D eigenvalue weighted by atomic mass is 10.0. The second kappa shape index (κ2) is 9.01. The molecule has 0 bridgehead atoms. The van der Waals surface area contributed by atoms with Gasteiger partial charge in [0.2, 0.25) is 5.91 Å². The lowest BCUT2D eigenvalue weighted by Gasteiger charge is -2.48. The van der Waals surface area contributed by atoms with Gasteiger partial charge in [-0.25, -0.2) is 4.79 Å². The molecule has 1 fully saturated rings. The Labute approximate surface area is 190 Å². The van der Waals surface area contributed by atoms with E-state index in [-0.39, 0.29) is 41.8 Å². The number of hydrogen-bond donors (Lipinski definition) is 2. The topological polar surface area (TPSA) is 139 Å². The minimum absolute atomic E-state index is 0.0910. The molecule has 2 aromatic rings. The summed E-state index contributed by atoms with van der Waals surface area (Å²) in [5.74, 6) is -1.88. The molecule has 4 rings (SSSR count). The van der Waals surface area contributed by atoms with Crippen LogP contribution in [0, 0.1) is 10.1 Å². The van der Waals surface area contributed by atoms with Crippen LogP contribution in [0.25, 0.3) is 0 Å². The molecule has 1 unspecified atom stereocenters. The van der Waals surface area contributed by atoms with Crippen LogP contribution >= 0.6 is 23.1 Å². The number of rotatable bonds is 7. The number of nitrogens with one attached hydrogen (secondary N) is 1. The SMILES string of the molecule is O=C(Cc1cccs1)NC1C(=O)N2C(C(=O)OCc3ccc([N+](=O)[O-])cc3)=C(O)CS[C@H]12. The van der Waals surface area contributed by atoms with Crippen molar-refractivity contribution in [2.24, 2.45) is 0 Å². The number of hydrogen-bond acceptors (Lipinski definition) is 9. The number of ether oxygens (including phenoxy) is 1. The molecule has 3 heterocycles. The van der Waals surface area contributed by atoms with Crippen LogP contribution in [0.4, 0.5) is 5.69 Å². The van der Waals surface area contributed by atoms with Gasteiger partial charge in [0.25, 0.3) is 11.6 Å². The van der Waals surface area contributed by atoms with Gasteiger partial charge in [0.05, 0.1) is 17.1 Å². The highest BCUT2D eigenvalue weighted by molar-refractivity contribution is 8.00. The normalized spacial score (nSPS) is 19.8. The third-order valence-corrected chi connectivity index (χ3v) is 7.03. The third-order valence-electron chi connectivity index (χ3n) is 4.89. The number of fused-ring (bicyclic) bond motifs is 1. The zero-order chi connectivity index (χ0) is 22.8. The first kappa shape index (κ1) is 21.8. The monoisotopic (exact) mass is 475 g/mol. The minimum atomic E-state index is -0.886. The molecule has 2 aliphatic rings. The molecule has 0 aliphatic carbocycles. The number of nitrogens with zero attached hydrogens (tertiary/aromatic N) is 2. The summed E-state index contributed by atoms with van der Waals surface area (Å²) in [7, 11) is 0. The maximum absolute atomic E-state index is 12.7. The molecular formula is C20H17N3O7S2. The molecule has 2 amide bonds. The lowest BCUT2D eigenvalue weighted by molar-refractivity contribution is -0.384. The zero-order valence-corrected chi connectivity index (χ0v) is 18.1. The van der Waals surface area contributed by atoms with Gasteiger partial charge in [-0.2, -0.15) is 0 Å². The maximum atomic E-state index is 12.7. The van der Waals surface area contributed by atoms with E-state index in [0.29, 0.717) is 5.56 Å². The Hall–Kier alpha value is -3.38. The molecule has 1 aromatic carbocycles. The summed E-state index contributed by atoms with van der Waals surface area (Å²) in [6.45, 7) is -0.186. The number of carbonyl (C=O) groups excluding carboxylic acids is 3. The van der Waals surface area contributed by atoms with Crippen LogP contribution in [0.2, 0.25) is 0 Å². The lowest BCUT2D eigenvalue weighted by Crippen LogP contribution is -2.70. The van der Waals surface area contributed by atoms with Gasteiger partial charge in [-0.05, 0) is 29.1 Å². The number of thiophene rings is 1. The number of nitro groups is 1. The molecule has 2 atom stereocenters. The molecule has 1 saturated heterocycles. The van der Waals surface area contributed by atoms with Gasteiger partial charge in [0.15, 0.2) is 5.70 Å². The Balaban J connectivity index is 1.38. The number of amides is 2. The highest BCUT2D eigenvalue weighted by Gasteiger charge is 2.54. The van der Waals surface area contributed by atoms with Crippen molar-refractivity contribution < 1.29 is 29.2 Å². The largest absolute Gasteiger partial charge is 0.509 e. The summed E-state index contributed by atoms with van der Waals surface area (Å²) in [5, 5.41) is 25.0. The van der Waals surface area contributed by atoms with E-state index < -0.39 is 28.2 Å². The average molecular weight is 476 g/mol. The number of aliphatic hydroxyl groups excluding tert-OH is 1.